The predicted octanol–water partition coefficient (Wildman–Crippen LogP) is 3.97. The normalized spacial score (nSPS) is 11.4. The van der Waals surface area contributed by atoms with E-state index in [0.717, 1.165) is 23.1 Å². The molecule has 1 N–H and O–H groups in total. The fraction of sp³-hybridized carbons (Fsp3) is 0.462. The molecule has 0 unspecified atom stereocenters. The number of alkyl halides is 3. The van der Waals surface area contributed by atoms with Crippen LogP contribution in [0.1, 0.15) is 13.3 Å². The highest BCUT2D eigenvalue weighted by atomic mass is 32.2. The molecule has 1 aromatic carbocycles. The molecule has 22 heavy (non-hydrogen) atoms. The number of rotatable bonds is 6. The van der Waals surface area contributed by atoms with E-state index in [1.807, 2.05) is 6.92 Å². The van der Waals surface area contributed by atoms with Gasteiger partial charge in [-0.1, -0.05) is 6.92 Å². The molecular weight excluding hydrogens is 324 g/mol. The summed E-state index contributed by atoms with van der Waals surface area (Å²) in [6, 6.07) is 2.38. The quantitative estimate of drug-likeness (QED) is 0.484. The van der Waals surface area contributed by atoms with Gasteiger partial charge in [-0.05, 0) is 36.4 Å². The number of hydrogen-bond acceptors (Lipinski definition) is 3. The number of benzene rings is 1. The second-order valence-electron chi connectivity index (χ2n) is 4.24. The van der Waals surface area contributed by atoms with Crippen LogP contribution in [0.2, 0.25) is 0 Å². The summed E-state index contributed by atoms with van der Waals surface area (Å²) in [6.45, 7) is 2.02. The maximum absolute atomic E-state index is 14.0. The molecule has 1 aromatic rings. The number of carbonyl (C=O) groups excluding carboxylic acids is 1. The van der Waals surface area contributed by atoms with Gasteiger partial charge in [0.05, 0.1) is 5.69 Å². The zero-order chi connectivity index (χ0) is 16.8. The zero-order valence-electron chi connectivity index (χ0n) is 12.0. The molecule has 9 heteroatoms. The van der Waals surface area contributed by atoms with Crippen LogP contribution >= 0.6 is 11.8 Å². The lowest BCUT2D eigenvalue weighted by Gasteiger charge is -2.23. The zero-order valence-corrected chi connectivity index (χ0v) is 12.9. The highest BCUT2D eigenvalue weighted by Gasteiger charge is 2.30. The lowest BCUT2D eigenvalue weighted by atomic mass is 10.3. The molecule has 0 bridgehead atoms. The monoisotopic (exact) mass is 340 g/mol. The van der Waals surface area contributed by atoms with Gasteiger partial charge in [0, 0.05) is 18.6 Å². The second kappa shape index (κ2) is 8.23. The van der Waals surface area contributed by atoms with Gasteiger partial charge in [0.1, 0.15) is 12.5 Å². The standard InChI is InChI=1S/C13H16F4N2O2S/c1-3-6-18-12(20)19(8-21-2)11-5-4-9(7-10(11)14)22-13(15,16)17/h4-5,7H,3,6,8H2,1-2H3,(H,18,20). The maximum atomic E-state index is 14.0. The van der Waals surface area contributed by atoms with Crippen molar-refractivity contribution < 1.29 is 27.1 Å². The van der Waals surface area contributed by atoms with Crippen molar-refractivity contribution in [2.24, 2.45) is 0 Å². The van der Waals surface area contributed by atoms with E-state index in [1.165, 1.54) is 7.11 Å². The van der Waals surface area contributed by atoms with Crippen LogP contribution in [0.4, 0.5) is 28.0 Å². The molecule has 0 aromatic heterocycles. The van der Waals surface area contributed by atoms with Crippen molar-refractivity contribution >= 4 is 23.5 Å². The summed E-state index contributed by atoms with van der Waals surface area (Å²) in [4.78, 5) is 12.6. The van der Waals surface area contributed by atoms with Gasteiger partial charge in [-0.2, -0.15) is 13.2 Å². The van der Waals surface area contributed by atoms with Crippen LogP contribution in [-0.2, 0) is 4.74 Å². The largest absolute Gasteiger partial charge is 0.446 e. The summed E-state index contributed by atoms with van der Waals surface area (Å²) < 4.78 is 55.7. The van der Waals surface area contributed by atoms with E-state index in [-0.39, 0.29) is 17.3 Å². The minimum absolute atomic E-state index is 0.151. The van der Waals surface area contributed by atoms with Crippen molar-refractivity contribution in [2.45, 2.75) is 23.7 Å². The third-order valence-electron chi connectivity index (χ3n) is 2.47. The first-order valence-corrected chi connectivity index (χ1v) is 7.19. The molecule has 2 amide bonds. The molecule has 4 nitrogen and oxygen atoms in total. The van der Waals surface area contributed by atoms with Gasteiger partial charge in [-0.15, -0.1) is 0 Å². The third-order valence-corrected chi connectivity index (χ3v) is 3.19. The average Bonchev–Trinajstić information content (AvgIpc) is 2.41. The number of halogens is 4. The van der Waals surface area contributed by atoms with Crippen molar-refractivity contribution in [1.29, 1.82) is 0 Å². The summed E-state index contributed by atoms with van der Waals surface area (Å²) in [6.07, 6.45) is 0.691. The number of methoxy groups -OCH3 is 1. The second-order valence-corrected chi connectivity index (χ2v) is 5.38. The Labute approximate surface area is 129 Å². The van der Waals surface area contributed by atoms with Crippen LogP contribution in [0.15, 0.2) is 23.1 Å². The summed E-state index contributed by atoms with van der Waals surface area (Å²) >= 11 is -0.419. The topological polar surface area (TPSA) is 41.6 Å². The number of amides is 2. The highest BCUT2D eigenvalue weighted by molar-refractivity contribution is 8.00. The van der Waals surface area contributed by atoms with Crippen molar-refractivity contribution in [1.82, 2.24) is 5.32 Å². The maximum Gasteiger partial charge on any atom is 0.446 e. The van der Waals surface area contributed by atoms with Gasteiger partial charge >= 0.3 is 11.5 Å². The smallest absolute Gasteiger partial charge is 0.364 e. The van der Waals surface area contributed by atoms with Gasteiger partial charge in [-0.25, -0.2) is 9.18 Å². The number of carbonyl (C=O) groups is 1. The lowest BCUT2D eigenvalue weighted by molar-refractivity contribution is -0.0328. The Morgan fingerprint density at radius 3 is 2.59 bits per heavy atom. The van der Waals surface area contributed by atoms with E-state index in [9.17, 15) is 22.4 Å². The van der Waals surface area contributed by atoms with Crippen molar-refractivity contribution in [2.75, 3.05) is 25.3 Å². The Morgan fingerprint density at radius 1 is 1.41 bits per heavy atom. The molecule has 0 spiro atoms. The van der Waals surface area contributed by atoms with E-state index < -0.39 is 29.1 Å². The Hall–Kier alpha value is -1.48. The SMILES string of the molecule is CCCNC(=O)N(COC)c1ccc(SC(F)(F)F)cc1F. The minimum atomic E-state index is -4.50. The molecular formula is C13H16F4N2O2S. The van der Waals surface area contributed by atoms with Gasteiger partial charge in [-0.3, -0.25) is 4.90 Å². The first kappa shape index (κ1) is 18.6. The van der Waals surface area contributed by atoms with Gasteiger partial charge in [0.25, 0.3) is 0 Å². The predicted molar refractivity (Wildman–Crippen MR) is 76.4 cm³/mol. The van der Waals surface area contributed by atoms with Gasteiger partial charge < -0.3 is 10.1 Å². The number of nitrogens with zero attached hydrogens (tertiary/aromatic N) is 1. The van der Waals surface area contributed by atoms with Gasteiger partial charge in [0.2, 0.25) is 0 Å². The summed E-state index contributed by atoms with van der Waals surface area (Å²) in [5.74, 6) is -0.932. The van der Waals surface area contributed by atoms with Crippen LogP contribution in [0, 0.1) is 5.82 Å². The van der Waals surface area contributed by atoms with Crippen LogP contribution in [-0.4, -0.2) is 31.9 Å². The van der Waals surface area contributed by atoms with Crippen molar-refractivity contribution in [3.05, 3.63) is 24.0 Å². The molecule has 0 radical (unpaired) electrons. The van der Waals surface area contributed by atoms with Crippen LogP contribution in [0.3, 0.4) is 0 Å². The Bertz CT molecular complexity index is 511. The first-order chi connectivity index (χ1) is 10.3. The Morgan fingerprint density at radius 2 is 2.09 bits per heavy atom. The molecule has 1 rings (SSSR count). The molecule has 0 aliphatic carbocycles. The fourth-order valence-corrected chi connectivity index (χ4v) is 2.16. The number of hydrogen-bond donors (Lipinski definition) is 1. The minimum Gasteiger partial charge on any atom is -0.364 e. The highest BCUT2D eigenvalue weighted by Crippen LogP contribution is 2.38. The number of ether oxygens (including phenoxy) is 1. The molecule has 0 saturated carbocycles. The summed E-state index contributed by atoms with van der Waals surface area (Å²) in [7, 11) is 1.33. The average molecular weight is 340 g/mol. The van der Waals surface area contributed by atoms with Crippen LogP contribution < -0.4 is 10.2 Å². The third kappa shape index (κ3) is 5.72. The molecule has 0 aliphatic heterocycles. The lowest BCUT2D eigenvalue weighted by Crippen LogP contribution is -2.42. The van der Waals surface area contributed by atoms with E-state index in [0.29, 0.717) is 13.0 Å². The number of nitrogens with one attached hydrogen (secondary N) is 1. The van der Waals surface area contributed by atoms with E-state index >= 15 is 0 Å². The number of urea groups is 1. The fourth-order valence-electron chi connectivity index (χ4n) is 1.60. The molecule has 124 valence electrons. The van der Waals surface area contributed by atoms with Crippen LogP contribution in [0.5, 0.6) is 0 Å². The van der Waals surface area contributed by atoms with Crippen molar-refractivity contribution in [3.63, 3.8) is 0 Å². The number of thioether (sulfide) groups is 1. The molecule has 0 fully saturated rings. The molecule has 0 saturated heterocycles. The Kier molecular flexibility index (Phi) is 6.95. The van der Waals surface area contributed by atoms with E-state index in [4.69, 9.17) is 4.74 Å². The van der Waals surface area contributed by atoms with Crippen LogP contribution in [0.25, 0.3) is 0 Å². The first-order valence-electron chi connectivity index (χ1n) is 6.38. The van der Waals surface area contributed by atoms with Gasteiger partial charge in [0.15, 0.2) is 0 Å². The Balaban J connectivity index is 2.98. The molecule has 0 atom stereocenters. The molecule has 0 heterocycles. The van der Waals surface area contributed by atoms with E-state index in [1.54, 1.807) is 0 Å². The molecule has 0 aliphatic rings. The van der Waals surface area contributed by atoms with E-state index in [2.05, 4.69) is 5.32 Å². The summed E-state index contributed by atoms with van der Waals surface area (Å²) in [5.41, 5.74) is -4.65. The number of anilines is 1. The summed E-state index contributed by atoms with van der Waals surface area (Å²) in [5, 5.41) is 2.55. The van der Waals surface area contributed by atoms with Crippen molar-refractivity contribution in [3.8, 4) is 0 Å².